The Labute approximate surface area is 222 Å². The van der Waals surface area contributed by atoms with E-state index in [1.807, 2.05) is 50.2 Å². The molecule has 0 saturated carbocycles. The molecule has 2 heterocycles. The van der Waals surface area contributed by atoms with Crippen LogP contribution < -0.4 is 14.5 Å². The average molecular weight is 561 g/mol. The summed E-state index contributed by atoms with van der Waals surface area (Å²) in [5.74, 6) is -1.09. The van der Waals surface area contributed by atoms with Crippen LogP contribution in [0.1, 0.15) is 29.1 Å². The molecule has 7 nitrogen and oxygen atoms in total. The topological polar surface area (TPSA) is 83.2 Å². The van der Waals surface area contributed by atoms with Crippen molar-refractivity contribution in [3.8, 4) is 5.75 Å². The number of benzene rings is 3. The van der Waals surface area contributed by atoms with Crippen molar-refractivity contribution in [2.75, 3.05) is 30.5 Å². The highest BCUT2D eigenvalue weighted by molar-refractivity contribution is 9.10. The van der Waals surface area contributed by atoms with Crippen molar-refractivity contribution in [3.63, 3.8) is 0 Å². The molecular weight excluding hydrogens is 536 g/mol. The molecular formula is C29H25BrN2O5. The number of hydrogen-bond acceptors (Lipinski definition) is 6. The number of hydrogen-bond donors (Lipinski definition) is 1. The van der Waals surface area contributed by atoms with Crippen molar-refractivity contribution in [1.82, 2.24) is 0 Å². The summed E-state index contributed by atoms with van der Waals surface area (Å²) in [4.78, 5) is 30.6. The van der Waals surface area contributed by atoms with E-state index < -0.39 is 23.5 Å². The number of carbonyl (C=O) groups is 2. The van der Waals surface area contributed by atoms with Gasteiger partial charge in [0.05, 0.1) is 18.2 Å². The lowest BCUT2D eigenvalue weighted by Gasteiger charge is -2.27. The lowest BCUT2D eigenvalue weighted by molar-refractivity contribution is -0.117. The van der Waals surface area contributed by atoms with Crippen LogP contribution in [-0.4, -0.2) is 37.5 Å². The van der Waals surface area contributed by atoms with Crippen LogP contribution >= 0.6 is 15.9 Å². The van der Waals surface area contributed by atoms with Gasteiger partial charge in [0.2, 0.25) is 5.78 Å². The Balaban J connectivity index is 1.61. The second kappa shape index (κ2) is 9.78. The fourth-order valence-corrected chi connectivity index (χ4v) is 4.88. The highest BCUT2D eigenvalue weighted by Crippen LogP contribution is 2.43. The molecule has 4 aromatic rings. The number of rotatable bonds is 7. The van der Waals surface area contributed by atoms with E-state index in [0.717, 1.165) is 15.5 Å². The predicted octanol–water partition coefficient (Wildman–Crippen LogP) is 6.44. The minimum Gasteiger partial charge on any atom is -0.503 e. The number of aliphatic hydroxyl groups excluding tert-OH is 1. The number of ether oxygens (including phenoxy) is 1. The van der Waals surface area contributed by atoms with Crippen LogP contribution in [0.3, 0.4) is 0 Å². The summed E-state index contributed by atoms with van der Waals surface area (Å²) in [6, 6.07) is 20.7. The van der Waals surface area contributed by atoms with Crippen LogP contribution in [0.2, 0.25) is 0 Å². The lowest BCUT2D eigenvalue weighted by atomic mass is 9.94. The van der Waals surface area contributed by atoms with E-state index in [0.29, 0.717) is 29.2 Å². The molecule has 1 aromatic heterocycles. The van der Waals surface area contributed by atoms with E-state index in [1.54, 1.807) is 48.5 Å². The first kappa shape index (κ1) is 24.6. The standard InChI is InChI=1S/C29H25BrN2O5/c1-4-36-22-12-5-17(6-13-22)26-25(27(33)24-16-18-15-19(30)7-14-23(18)37-24)28(34)29(35)32(26)21-10-8-20(9-11-21)31(2)3/h5-16,26,34H,4H2,1-3H3. The van der Waals surface area contributed by atoms with Crippen LogP contribution in [0, 0.1) is 0 Å². The fourth-order valence-electron chi connectivity index (χ4n) is 4.50. The van der Waals surface area contributed by atoms with E-state index in [9.17, 15) is 14.7 Å². The van der Waals surface area contributed by atoms with Gasteiger partial charge in [-0.1, -0.05) is 28.1 Å². The highest BCUT2D eigenvalue weighted by Gasteiger charge is 2.45. The zero-order chi connectivity index (χ0) is 26.3. The van der Waals surface area contributed by atoms with E-state index in [-0.39, 0.29) is 11.3 Å². The molecule has 1 amide bonds. The molecule has 188 valence electrons. The molecule has 1 N–H and O–H groups in total. The molecule has 0 saturated heterocycles. The summed E-state index contributed by atoms with van der Waals surface area (Å²) in [5.41, 5.74) is 2.65. The van der Waals surface area contributed by atoms with Crippen molar-refractivity contribution in [2.24, 2.45) is 0 Å². The Kier molecular flexibility index (Phi) is 6.52. The van der Waals surface area contributed by atoms with Gasteiger partial charge < -0.3 is 19.2 Å². The maximum absolute atomic E-state index is 13.8. The first-order valence-electron chi connectivity index (χ1n) is 11.8. The Hall–Kier alpha value is -4.04. The van der Waals surface area contributed by atoms with Gasteiger partial charge in [-0.3, -0.25) is 14.5 Å². The van der Waals surface area contributed by atoms with E-state index in [4.69, 9.17) is 9.15 Å². The monoisotopic (exact) mass is 560 g/mol. The van der Waals surface area contributed by atoms with Gasteiger partial charge in [-0.25, -0.2) is 0 Å². The van der Waals surface area contributed by atoms with E-state index in [1.165, 1.54) is 4.90 Å². The number of furan rings is 1. The third kappa shape index (κ3) is 4.49. The first-order valence-corrected chi connectivity index (χ1v) is 12.6. The van der Waals surface area contributed by atoms with Crippen molar-refractivity contribution in [2.45, 2.75) is 13.0 Å². The minimum absolute atomic E-state index is 0.0380. The second-order valence-electron chi connectivity index (χ2n) is 8.87. The second-order valence-corrected chi connectivity index (χ2v) is 9.79. The SMILES string of the molecule is CCOc1ccc(C2C(C(=O)c3cc4cc(Br)ccc4o3)=C(O)C(=O)N2c2ccc(N(C)C)cc2)cc1. The fraction of sp³-hybridized carbons (Fsp3) is 0.172. The maximum Gasteiger partial charge on any atom is 0.294 e. The van der Waals surface area contributed by atoms with Crippen molar-refractivity contribution < 1.29 is 23.8 Å². The van der Waals surface area contributed by atoms with Gasteiger partial charge >= 0.3 is 0 Å². The Bertz CT molecular complexity index is 1520. The minimum atomic E-state index is -0.860. The van der Waals surface area contributed by atoms with Gasteiger partial charge in [-0.2, -0.15) is 0 Å². The van der Waals surface area contributed by atoms with Crippen LogP contribution in [0.25, 0.3) is 11.0 Å². The van der Waals surface area contributed by atoms with Gasteiger partial charge in [0, 0.05) is 35.3 Å². The smallest absolute Gasteiger partial charge is 0.294 e. The van der Waals surface area contributed by atoms with Crippen molar-refractivity contribution in [3.05, 3.63) is 99.9 Å². The summed E-state index contributed by atoms with van der Waals surface area (Å²) < 4.78 is 12.2. The molecule has 8 heteroatoms. The number of Topliss-reactive ketones (excluding diaryl/α,β-unsaturated/α-hetero) is 1. The molecule has 0 spiro atoms. The number of ketones is 1. The third-order valence-corrected chi connectivity index (χ3v) is 6.80. The molecule has 0 radical (unpaired) electrons. The molecule has 37 heavy (non-hydrogen) atoms. The molecule has 1 aliphatic heterocycles. The van der Waals surface area contributed by atoms with Crippen molar-refractivity contribution in [1.29, 1.82) is 0 Å². The molecule has 5 rings (SSSR count). The molecule has 1 atom stereocenters. The maximum atomic E-state index is 13.8. The van der Waals surface area contributed by atoms with Crippen molar-refractivity contribution >= 4 is 50.0 Å². The highest BCUT2D eigenvalue weighted by atomic mass is 79.9. The molecule has 0 fully saturated rings. The third-order valence-electron chi connectivity index (χ3n) is 6.31. The summed E-state index contributed by atoms with van der Waals surface area (Å²) in [6.45, 7) is 2.41. The number of aliphatic hydroxyl groups is 1. The average Bonchev–Trinajstić information content (AvgIpc) is 3.43. The predicted molar refractivity (Wildman–Crippen MR) is 147 cm³/mol. The van der Waals surface area contributed by atoms with Gasteiger partial charge in [0.1, 0.15) is 11.3 Å². The molecule has 1 unspecified atom stereocenters. The molecule has 1 aliphatic rings. The summed E-state index contributed by atoms with van der Waals surface area (Å²) in [7, 11) is 3.85. The van der Waals surface area contributed by atoms with Crippen LogP contribution in [-0.2, 0) is 4.79 Å². The number of fused-ring (bicyclic) bond motifs is 1. The Morgan fingerprint density at radius 3 is 2.41 bits per heavy atom. The van der Waals surface area contributed by atoms with Gasteiger partial charge in [0.25, 0.3) is 5.91 Å². The van der Waals surface area contributed by atoms with E-state index >= 15 is 0 Å². The zero-order valence-corrected chi connectivity index (χ0v) is 22.2. The van der Waals surface area contributed by atoms with Gasteiger partial charge in [0.15, 0.2) is 11.5 Å². The number of carbonyl (C=O) groups excluding carboxylic acids is 2. The lowest BCUT2D eigenvalue weighted by Crippen LogP contribution is -2.31. The Morgan fingerprint density at radius 1 is 1.05 bits per heavy atom. The van der Waals surface area contributed by atoms with Gasteiger partial charge in [-0.05, 0) is 73.2 Å². The normalized spacial score (nSPS) is 15.5. The van der Waals surface area contributed by atoms with E-state index in [2.05, 4.69) is 15.9 Å². The summed E-state index contributed by atoms with van der Waals surface area (Å²) in [6.07, 6.45) is 0. The number of anilines is 2. The summed E-state index contributed by atoms with van der Waals surface area (Å²) in [5, 5.41) is 11.8. The largest absolute Gasteiger partial charge is 0.503 e. The van der Waals surface area contributed by atoms with Crippen LogP contribution in [0.4, 0.5) is 11.4 Å². The molecule has 0 aliphatic carbocycles. The number of halogens is 1. The van der Waals surface area contributed by atoms with Crippen LogP contribution in [0.15, 0.2) is 93.0 Å². The zero-order valence-electron chi connectivity index (χ0n) is 20.6. The number of amides is 1. The van der Waals surface area contributed by atoms with Crippen LogP contribution in [0.5, 0.6) is 5.75 Å². The first-order chi connectivity index (χ1) is 17.8. The molecule has 3 aromatic carbocycles. The molecule has 0 bridgehead atoms. The van der Waals surface area contributed by atoms with Gasteiger partial charge in [-0.15, -0.1) is 0 Å². The summed E-state index contributed by atoms with van der Waals surface area (Å²) >= 11 is 3.43. The Morgan fingerprint density at radius 2 is 1.76 bits per heavy atom. The quantitative estimate of drug-likeness (QED) is 0.262. The number of nitrogens with zero attached hydrogens (tertiary/aromatic N) is 2.